The van der Waals surface area contributed by atoms with Gasteiger partial charge < -0.3 is 9.88 Å². The van der Waals surface area contributed by atoms with E-state index >= 15 is 0 Å². The first-order chi connectivity index (χ1) is 13.6. The average Bonchev–Trinajstić information content (AvgIpc) is 3.19. The quantitative estimate of drug-likeness (QED) is 0.681. The van der Waals surface area contributed by atoms with E-state index in [2.05, 4.69) is 15.4 Å². The van der Waals surface area contributed by atoms with Crippen molar-refractivity contribution in [2.75, 3.05) is 5.32 Å². The van der Waals surface area contributed by atoms with Crippen LogP contribution in [0.2, 0.25) is 0 Å². The number of carbonyl (C=O) groups is 1. The van der Waals surface area contributed by atoms with Crippen LogP contribution in [0, 0.1) is 13.8 Å². The highest BCUT2D eigenvalue weighted by atomic mass is 19.4. The number of nitrogens with one attached hydrogen (secondary N) is 1. The third-order valence-corrected chi connectivity index (χ3v) is 4.49. The lowest BCUT2D eigenvalue weighted by Crippen LogP contribution is -2.20. The molecule has 0 fully saturated rings. The Morgan fingerprint density at radius 3 is 2.38 bits per heavy atom. The Morgan fingerprint density at radius 2 is 1.83 bits per heavy atom. The van der Waals surface area contributed by atoms with Gasteiger partial charge in [0, 0.05) is 6.20 Å². The summed E-state index contributed by atoms with van der Waals surface area (Å²) >= 11 is 0. The number of imidazole rings is 1. The molecule has 0 radical (unpaired) electrons. The number of halogens is 3. The fourth-order valence-electron chi connectivity index (χ4n) is 3.05. The van der Waals surface area contributed by atoms with Crippen molar-refractivity contribution in [3.63, 3.8) is 0 Å². The third kappa shape index (κ3) is 4.49. The summed E-state index contributed by atoms with van der Waals surface area (Å²) in [6.07, 6.45) is -2.16. The van der Waals surface area contributed by atoms with Gasteiger partial charge in [-0.05, 0) is 31.9 Å². The fraction of sp³-hybridized carbons (Fsp3) is 0.350. The van der Waals surface area contributed by atoms with Crippen LogP contribution in [-0.2, 0) is 17.5 Å². The van der Waals surface area contributed by atoms with E-state index in [4.69, 9.17) is 0 Å². The molecule has 0 aliphatic heterocycles. The van der Waals surface area contributed by atoms with Gasteiger partial charge in [0.05, 0.1) is 23.3 Å². The number of hydrogen-bond acceptors (Lipinski definition) is 3. The Morgan fingerprint density at radius 1 is 1.17 bits per heavy atom. The SMILES string of the molecule is Cc1ccc(-n2ncc(NC(=O)Cn3cc(C(F)(F)F)nc3C)c2C(C)C)cc1. The van der Waals surface area contributed by atoms with E-state index < -0.39 is 17.8 Å². The van der Waals surface area contributed by atoms with Gasteiger partial charge in [-0.1, -0.05) is 31.5 Å². The fourth-order valence-corrected chi connectivity index (χ4v) is 3.05. The van der Waals surface area contributed by atoms with E-state index in [1.54, 1.807) is 10.9 Å². The molecule has 3 aromatic rings. The molecule has 0 spiro atoms. The first-order valence-corrected chi connectivity index (χ1v) is 9.12. The maximum absolute atomic E-state index is 12.8. The van der Waals surface area contributed by atoms with Gasteiger partial charge in [-0.15, -0.1) is 0 Å². The van der Waals surface area contributed by atoms with Crippen LogP contribution in [0.25, 0.3) is 5.69 Å². The molecule has 0 bridgehead atoms. The second-order valence-electron chi connectivity index (χ2n) is 7.19. The first-order valence-electron chi connectivity index (χ1n) is 9.12. The first kappa shape index (κ1) is 20.6. The molecule has 1 aromatic carbocycles. The van der Waals surface area contributed by atoms with Crippen molar-refractivity contribution in [1.82, 2.24) is 19.3 Å². The zero-order valence-corrected chi connectivity index (χ0v) is 16.6. The molecular formula is C20H22F3N5O. The number of anilines is 1. The standard InChI is InChI=1S/C20H22F3N5O/c1-12(2)19-16(9-24-28(19)15-7-5-13(3)6-8-15)26-18(29)11-27-10-17(20(21,22)23)25-14(27)4/h5-10,12H,11H2,1-4H3,(H,26,29). The molecule has 0 atom stereocenters. The van der Waals surface area contributed by atoms with Crippen LogP contribution in [-0.4, -0.2) is 25.2 Å². The Hall–Kier alpha value is -3.10. The molecule has 0 saturated heterocycles. The number of benzene rings is 1. The van der Waals surface area contributed by atoms with Crippen LogP contribution in [0.3, 0.4) is 0 Å². The number of nitrogens with zero attached hydrogens (tertiary/aromatic N) is 4. The second kappa shape index (κ2) is 7.73. The highest BCUT2D eigenvalue weighted by Gasteiger charge is 2.34. The second-order valence-corrected chi connectivity index (χ2v) is 7.19. The molecular weight excluding hydrogens is 383 g/mol. The van der Waals surface area contributed by atoms with Crippen molar-refractivity contribution in [2.24, 2.45) is 0 Å². The molecule has 0 saturated carbocycles. The molecule has 29 heavy (non-hydrogen) atoms. The number of aromatic nitrogens is 4. The zero-order valence-electron chi connectivity index (χ0n) is 16.6. The van der Waals surface area contributed by atoms with Gasteiger partial charge in [0.15, 0.2) is 5.69 Å². The Kier molecular flexibility index (Phi) is 5.50. The van der Waals surface area contributed by atoms with Gasteiger partial charge in [-0.25, -0.2) is 9.67 Å². The van der Waals surface area contributed by atoms with Crippen molar-refractivity contribution in [1.29, 1.82) is 0 Å². The topological polar surface area (TPSA) is 64.7 Å². The maximum atomic E-state index is 12.8. The number of carbonyl (C=O) groups excluding carboxylic acids is 1. The summed E-state index contributed by atoms with van der Waals surface area (Å²) in [6.45, 7) is 7.10. The maximum Gasteiger partial charge on any atom is 0.434 e. The minimum absolute atomic E-state index is 0.0564. The molecule has 154 valence electrons. The van der Waals surface area contributed by atoms with Gasteiger partial charge >= 0.3 is 6.18 Å². The Balaban J connectivity index is 1.82. The van der Waals surface area contributed by atoms with Crippen molar-refractivity contribution in [3.8, 4) is 5.69 Å². The lowest BCUT2D eigenvalue weighted by Gasteiger charge is -2.14. The molecule has 3 rings (SSSR count). The molecule has 0 aliphatic rings. The molecule has 1 amide bonds. The van der Waals surface area contributed by atoms with Crippen LogP contribution >= 0.6 is 0 Å². The van der Waals surface area contributed by atoms with E-state index in [-0.39, 0.29) is 18.3 Å². The summed E-state index contributed by atoms with van der Waals surface area (Å²) in [6, 6.07) is 7.82. The summed E-state index contributed by atoms with van der Waals surface area (Å²) in [5, 5.41) is 7.15. The van der Waals surface area contributed by atoms with E-state index in [1.165, 1.54) is 11.5 Å². The van der Waals surface area contributed by atoms with Crippen molar-refractivity contribution >= 4 is 11.6 Å². The molecule has 2 aromatic heterocycles. The van der Waals surface area contributed by atoms with Crippen LogP contribution in [0.4, 0.5) is 18.9 Å². The number of rotatable bonds is 5. The summed E-state index contributed by atoms with van der Waals surface area (Å²) in [5.74, 6) is -0.280. The van der Waals surface area contributed by atoms with Gasteiger partial charge in [0.2, 0.25) is 5.91 Å². The number of alkyl halides is 3. The van der Waals surface area contributed by atoms with Gasteiger partial charge in [-0.3, -0.25) is 4.79 Å². The predicted octanol–water partition coefficient (Wildman–Crippen LogP) is 4.47. The van der Waals surface area contributed by atoms with Crippen molar-refractivity contribution in [2.45, 2.75) is 46.3 Å². The largest absolute Gasteiger partial charge is 0.434 e. The Labute approximate surface area is 166 Å². The lowest BCUT2D eigenvalue weighted by molar-refractivity contribution is -0.141. The van der Waals surface area contributed by atoms with Crippen molar-refractivity contribution in [3.05, 3.63) is 59.4 Å². The molecule has 0 unspecified atom stereocenters. The minimum atomic E-state index is -4.55. The third-order valence-electron chi connectivity index (χ3n) is 4.49. The van der Waals surface area contributed by atoms with Crippen molar-refractivity contribution < 1.29 is 18.0 Å². The molecule has 2 heterocycles. The van der Waals surface area contributed by atoms with Crippen LogP contribution in [0.1, 0.15) is 42.5 Å². The lowest BCUT2D eigenvalue weighted by atomic mass is 10.1. The molecule has 6 nitrogen and oxygen atoms in total. The van der Waals surface area contributed by atoms with Gasteiger partial charge in [0.1, 0.15) is 12.4 Å². The number of amides is 1. The smallest absolute Gasteiger partial charge is 0.325 e. The van der Waals surface area contributed by atoms with E-state index in [1.807, 2.05) is 45.0 Å². The average molecular weight is 405 g/mol. The normalized spacial score (nSPS) is 11.9. The van der Waals surface area contributed by atoms with Gasteiger partial charge in [-0.2, -0.15) is 18.3 Å². The molecule has 9 heteroatoms. The highest BCUT2D eigenvalue weighted by Crippen LogP contribution is 2.29. The highest BCUT2D eigenvalue weighted by molar-refractivity contribution is 5.91. The Bertz CT molecular complexity index is 1020. The number of hydrogen-bond donors (Lipinski definition) is 1. The van der Waals surface area contributed by atoms with Crippen LogP contribution < -0.4 is 5.32 Å². The van der Waals surface area contributed by atoms with E-state index in [0.29, 0.717) is 5.69 Å². The van der Waals surface area contributed by atoms with Crippen LogP contribution in [0.5, 0.6) is 0 Å². The van der Waals surface area contributed by atoms with E-state index in [0.717, 1.165) is 23.1 Å². The summed E-state index contributed by atoms with van der Waals surface area (Å²) < 4.78 is 41.4. The summed E-state index contributed by atoms with van der Waals surface area (Å²) in [4.78, 5) is 16.0. The monoisotopic (exact) mass is 405 g/mol. The van der Waals surface area contributed by atoms with E-state index in [9.17, 15) is 18.0 Å². The van der Waals surface area contributed by atoms with Crippen LogP contribution in [0.15, 0.2) is 36.7 Å². The molecule has 1 N–H and O–H groups in total. The summed E-state index contributed by atoms with van der Waals surface area (Å²) in [5.41, 5.74) is 2.30. The summed E-state index contributed by atoms with van der Waals surface area (Å²) in [7, 11) is 0. The predicted molar refractivity (Wildman–Crippen MR) is 103 cm³/mol. The molecule has 0 aliphatic carbocycles. The van der Waals surface area contributed by atoms with Gasteiger partial charge in [0.25, 0.3) is 0 Å². The minimum Gasteiger partial charge on any atom is -0.325 e. The number of aryl methyl sites for hydroxylation is 2. The zero-order chi connectivity index (χ0) is 21.3.